The number of benzene rings is 1. The van der Waals surface area contributed by atoms with E-state index in [2.05, 4.69) is 37.2 Å². The van der Waals surface area contributed by atoms with E-state index in [0.717, 1.165) is 25.7 Å². The largest absolute Gasteiger partial charge is 0.458 e. The Labute approximate surface area is 453 Å². The van der Waals surface area contributed by atoms with Crippen LogP contribution in [0, 0.1) is 0 Å². The number of anilines is 1. The summed E-state index contributed by atoms with van der Waals surface area (Å²) in [5.74, 6) is -4.28. The maximum absolute atomic E-state index is 13.3. The molecule has 1 aliphatic carbocycles. The van der Waals surface area contributed by atoms with Crippen molar-refractivity contribution in [2.75, 3.05) is 77.8 Å². The molecule has 0 bridgehead atoms. The molecule has 3 atom stereocenters. The van der Waals surface area contributed by atoms with Crippen LogP contribution in [-0.4, -0.2) is 167 Å². The molecule has 1 fully saturated rings. The van der Waals surface area contributed by atoms with E-state index in [1.54, 1.807) is 86.6 Å². The molecular weight excluding hydrogens is 1000 g/mol. The summed E-state index contributed by atoms with van der Waals surface area (Å²) in [7, 11) is 0. The van der Waals surface area contributed by atoms with Gasteiger partial charge in [0.05, 0.1) is 39.6 Å². The van der Waals surface area contributed by atoms with Crippen molar-refractivity contribution >= 4 is 59.2 Å². The molecule has 436 valence electrons. The third kappa shape index (κ3) is 33.1. The minimum Gasteiger partial charge on any atom is -0.458 e. The van der Waals surface area contributed by atoms with Crippen LogP contribution < -0.4 is 43.0 Å². The molecule has 77 heavy (non-hydrogen) atoms. The van der Waals surface area contributed by atoms with Gasteiger partial charge in [0, 0.05) is 49.8 Å². The SMILES string of the molecule is CC(C)(C)OC(=O)Nc1ccc(C(=O)NCCCC[C@H](NC(=O)COCCOCCNC(=O)CCC(NC(=O)CC[C@H](NC(=O)COCCOCCN)C(=O)OC(C)(C)C)C(=O)OC(C)(C)C)C(=O)NC2CCCC2)cc1. The van der Waals surface area contributed by atoms with Crippen molar-refractivity contribution in [3.63, 3.8) is 0 Å². The number of unbranched alkanes of at least 4 members (excludes halogenated alkanes) is 1. The molecule has 1 aromatic carbocycles. The summed E-state index contributed by atoms with van der Waals surface area (Å²) < 4.78 is 37.8. The summed E-state index contributed by atoms with van der Waals surface area (Å²) in [5, 5.41) is 19.1. The molecule has 1 aromatic rings. The summed E-state index contributed by atoms with van der Waals surface area (Å²) in [4.78, 5) is 116. The molecule has 24 heteroatoms. The highest BCUT2D eigenvalue weighted by atomic mass is 16.6. The fourth-order valence-corrected chi connectivity index (χ4v) is 7.28. The Balaban J connectivity index is 1.78. The number of rotatable bonds is 35. The van der Waals surface area contributed by atoms with Crippen LogP contribution in [0.15, 0.2) is 24.3 Å². The minimum atomic E-state index is -1.21. The number of ether oxygens (including phenoxy) is 7. The molecule has 0 aliphatic heterocycles. The second-order valence-corrected chi connectivity index (χ2v) is 21.4. The molecule has 24 nitrogen and oxygen atoms in total. The number of nitrogens with two attached hydrogens (primary N) is 1. The molecule has 1 saturated carbocycles. The molecule has 0 spiro atoms. The topological polar surface area (TPSA) is 328 Å². The van der Waals surface area contributed by atoms with Gasteiger partial charge in [-0.3, -0.25) is 34.1 Å². The first-order chi connectivity index (χ1) is 36.2. The molecule has 2 rings (SSSR count). The summed E-state index contributed by atoms with van der Waals surface area (Å²) in [6.07, 6.45) is 3.84. The van der Waals surface area contributed by atoms with E-state index in [-0.39, 0.29) is 96.3 Å². The Morgan fingerprint density at radius 1 is 0.545 bits per heavy atom. The van der Waals surface area contributed by atoms with E-state index in [1.165, 1.54) is 0 Å². The molecule has 0 saturated heterocycles. The fourth-order valence-electron chi connectivity index (χ4n) is 7.28. The lowest BCUT2D eigenvalue weighted by Gasteiger charge is -2.26. The first-order valence-electron chi connectivity index (χ1n) is 26.5. The van der Waals surface area contributed by atoms with Crippen LogP contribution in [0.4, 0.5) is 10.5 Å². The van der Waals surface area contributed by atoms with Crippen LogP contribution in [0.2, 0.25) is 0 Å². The van der Waals surface area contributed by atoms with Gasteiger partial charge in [-0.15, -0.1) is 0 Å². The van der Waals surface area contributed by atoms with Gasteiger partial charge in [-0.05, 0) is 132 Å². The lowest BCUT2D eigenvalue weighted by atomic mass is 10.1. The van der Waals surface area contributed by atoms with E-state index in [1.807, 2.05) is 0 Å². The summed E-state index contributed by atoms with van der Waals surface area (Å²) in [6, 6.07) is 3.19. The summed E-state index contributed by atoms with van der Waals surface area (Å²) in [6.45, 7) is 16.2. The molecular formula is C53H88N8O16. The average molecular weight is 1090 g/mol. The van der Waals surface area contributed by atoms with Gasteiger partial charge in [-0.25, -0.2) is 14.4 Å². The van der Waals surface area contributed by atoms with Crippen molar-refractivity contribution in [3.8, 4) is 0 Å². The van der Waals surface area contributed by atoms with Crippen LogP contribution in [0.5, 0.6) is 0 Å². The molecule has 1 aliphatic rings. The quantitative estimate of drug-likeness (QED) is 0.0275. The highest BCUT2D eigenvalue weighted by Crippen LogP contribution is 2.19. The van der Waals surface area contributed by atoms with Gasteiger partial charge < -0.3 is 70.8 Å². The van der Waals surface area contributed by atoms with Gasteiger partial charge >= 0.3 is 18.0 Å². The van der Waals surface area contributed by atoms with E-state index >= 15 is 0 Å². The van der Waals surface area contributed by atoms with Crippen molar-refractivity contribution in [1.29, 1.82) is 0 Å². The fraction of sp³-hybridized carbons (Fsp3) is 0.717. The Kier molecular flexibility index (Phi) is 30.9. The second-order valence-electron chi connectivity index (χ2n) is 21.4. The number of hydrogen-bond donors (Lipinski definition) is 8. The van der Waals surface area contributed by atoms with Gasteiger partial charge in [0.1, 0.15) is 48.1 Å². The predicted molar refractivity (Wildman–Crippen MR) is 284 cm³/mol. The smallest absolute Gasteiger partial charge is 0.412 e. The van der Waals surface area contributed by atoms with Crippen molar-refractivity contribution in [2.24, 2.45) is 5.73 Å². The van der Waals surface area contributed by atoms with Crippen molar-refractivity contribution in [2.45, 2.75) is 174 Å². The summed E-state index contributed by atoms with van der Waals surface area (Å²) in [5.41, 5.74) is 3.82. The third-order valence-electron chi connectivity index (χ3n) is 10.8. The van der Waals surface area contributed by atoms with Gasteiger partial charge in [-0.2, -0.15) is 0 Å². The summed E-state index contributed by atoms with van der Waals surface area (Å²) >= 11 is 0. The van der Waals surface area contributed by atoms with E-state index in [0.29, 0.717) is 50.2 Å². The van der Waals surface area contributed by atoms with E-state index < -0.39 is 76.6 Å². The zero-order valence-electron chi connectivity index (χ0n) is 46.8. The number of amides is 7. The molecule has 7 amide bonds. The van der Waals surface area contributed by atoms with Gasteiger partial charge in [0.2, 0.25) is 29.5 Å². The number of esters is 2. The zero-order valence-corrected chi connectivity index (χ0v) is 46.8. The van der Waals surface area contributed by atoms with Gasteiger partial charge in [0.15, 0.2) is 0 Å². The molecule has 0 radical (unpaired) electrons. The van der Waals surface area contributed by atoms with Crippen LogP contribution in [0.3, 0.4) is 0 Å². The monoisotopic (exact) mass is 1090 g/mol. The van der Waals surface area contributed by atoms with Crippen molar-refractivity contribution in [1.82, 2.24) is 31.9 Å². The van der Waals surface area contributed by atoms with E-state index in [9.17, 15) is 43.2 Å². The molecule has 1 unspecified atom stereocenters. The van der Waals surface area contributed by atoms with Crippen LogP contribution in [0.25, 0.3) is 0 Å². The Morgan fingerprint density at radius 2 is 1.04 bits per heavy atom. The first kappa shape index (κ1) is 67.2. The molecule has 0 aromatic heterocycles. The number of hydrogen-bond acceptors (Lipinski definition) is 17. The van der Waals surface area contributed by atoms with Crippen molar-refractivity contribution in [3.05, 3.63) is 29.8 Å². The van der Waals surface area contributed by atoms with Gasteiger partial charge in [0.25, 0.3) is 5.91 Å². The maximum atomic E-state index is 13.3. The zero-order chi connectivity index (χ0) is 57.4. The van der Waals surface area contributed by atoms with Crippen LogP contribution in [0.1, 0.15) is 143 Å². The predicted octanol–water partition coefficient (Wildman–Crippen LogP) is 2.83. The molecule has 9 N–H and O–H groups in total. The number of carbonyl (C=O) groups is 9. The normalized spacial score (nSPS) is 14.0. The van der Waals surface area contributed by atoms with E-state index in [4.69, 9.17) is 38.9 Å². The molecule has 0 heterocycles. The second kappa shape index (κ2) is 35.5. The number of carbonyl (C=O) groups excluding carboxylic acids is 9. The number of nitrogens with one attached hydrogen (secondary N) is 7. The van der Waals surface area contributed by atoms with Crippen molar-refractivity contribution < 1.29 is 76.3 Å². The van der Waals surface area contributed by atoms with Crippen LogP contribution in [-0.2, 0) is 66.7 Å². The lowest BCUT2D eigenvalue weighted by Crippen LogP contribution is -2.50. The lowest BCUT2D eigenvalue weighted by molar-refractivity contribution is -0.160. The standard InChI is InChI=1S/C53H88N8O16/c1-51(2,3)75-48(68)40(60-43(63)24-22-41(49(69)76-52(4,5)6)61-45(65)35-73-32-30-71-28-25-54)21-23-42(62)55-27-29-72-31-33-74-34-44(64)59-39(47(67)57-37-14-10-11-15-37)16-12-13-26-56-46(66)36-17-19-38(20-18-36)58-50(70)77-53(7,8)9/h17-20,37,39-41H,10-16,21-35,54H2,1-9H3,(H,55,62)(H,56,66)(H,57,67)(H,58,70)(H,59,64)(H,60,63)(H,61,65)/t39-,40?,41-/m0/s1. The first-order valence-corrected chi connectivity index (χ1v) is 26.5. The minimum absolute atomic E-state index is 0.0468. The Bertz CT molecular complexity index is 2010. The van der Waals surface area contributed by atoms with Crippen LogP contribution >= 0.6 is 0 Å². The third-order valence-corrected chi connectivity index (χ3v) is 10.8. The average Bonchev–Trinajstić information content (AvgIpc) is 3.84. The van der Waals surface area contributed by atoms with Gasteiger partial charge in [-0.1, -0.05) is 12.8 Å². The maximum Gasteiger partial charge on any atom is 0.412 e. The Hall–Kier alpha value is -5.95. The Morgan fingerprint density at radius 3 is 1.57 bits per heavy atom. The highest BCUT2D eigenvalue weighted by Gasteiger charge is 2.31. The highest BCUT2D eigenvalue weighted by molar-refractivity contribution is 5.95.